The van der Waals surface area contributed by atoms with Gasteiger partial charge in [-0.05, 0) is 24.1 Å². The summed E-state index contributed by atoms with van der Waals surface area (Å²) < 4.78 is 11.5. The van der Waals surface area contributed by atoms with Crippen LogP contribution in [-0.4, -0.2) is 22.6 Å². The molecule has 0 saturated heterocycles. The zero-order chi connectivity index (χ0) is 17.1. The lowest BCUT2D eigenvalue weighted by Crippen LogP contribution is -2.20. The van der Waals surface area contributed by atoms with Gasteiger partial charge in [0.1, 0.15) is 34.7 Å². The van der Waals surface area contributed by atoms with Crippen LogP contribution in [0.15, 0.2) is 36.4 Å². The Bertz CT molecular complexity index is 736. The summed E-state index contributed by atoms with van der Waals surface area (Å²) in [6.45, 7) is 2.61. The quantitative estimate of drug-likeness (QED) is 0.812. The second-order valence-electron chi connectivity index (χ2n) is 5.84. The fraction of sp³-hybridized carbons (Fsp3) is 0.316. The van der Waals surface area contributed by atoms with Crippen LogP contribution in [0.3, 0.4) is 0 Å². The summed E-state index contributed by atoms with van der Waals surface area (Å²) in [6.07, 6.45) is 1.61. The topological polar surface area (TPSA) is 76.0 Å². The number of benzene rings is 2. The SMILES string of the molecule is CCCCOc1cc(O)c2c(c1)OC(c1ccc(O)cc1)CC2=O. The van der Waals surface area contributed by atoms with Gasteiger partial charge in [0.25, 0.3) is 0 Å². The molecule has 0 amide bonds. The first kappa shape index (κ1) is 16.2. The third-order valence-electron chi connectivity index (χ3n) is 4.01. The normalized spacial score (nSPS) is 16.4. The van der Waals surface area contributed by atoms with Gasteiger partial charge >= 0.3 is 0 Å². The van der Waals surface area contributed by atoms with Crippen molar-refractivity contribution >= 4 is 5.78 Å². The van der Waals surface area contributed by atoms with Crippen molar-refractivity contribution in [1.29, 1.82) is 0 Å². The van der Waals surface area contributed by atoms with E-state index in [1.165, 1.54) is 6.07 Å². The molecule has 5 nitrogen and oxygen atoms in total. The number of phenolic OH excluding ortho intramolecular Hbond substituents is 2. The van der Waals surface area contributed by atoms with Crippen LogP contribution in [0.4, 0.5) is 0 Å². The number of rotatable bonds is 5. The maximum Gasteiger partial charge on any atom is 0.174 e. The number of hydrogen-bond donors (Lipinski definition) is 2. The lowest BCUT2D eigenvalue weighted by atomic mass is 9.95. The van der Waals surface area contributed by atoms with Crippen LogP contribution in [0.1, 0.15) is 48.2 Å². The van der Waals surface area contributed by atoms with E-state index in [-0.39, 0.29) is 29.3 Å². The third kappa shape index (κ3) is 3.30. The van der Waals surface area contributed by atoms with E-state index in [1.54, 1.807) is 30.3 Å². The smallest absolute Gasteiger partial charge is 0.174 e. The first-order valence-electron chi connectivity index (χ1n) is 8.07. The second-order valence-corrected chi connectivity index (χ2v) is 5.84. The minimum absolute atomic E-state index is 0.117. The molecule has 0 aliphatic carbocycles. The van der Waals surface area contributed by atoms with Crippen molar-refractivity contribution < 1.29 is 24.5 Å². The fourth-order valence-corrected chi connectivity index (χ4v) is 2.71. The van der Waals surface area contributed by atoms with Crippen molar-refractivity contribution in [2.24, 2.45) is 0 Å². The summed E-state index contributed by atoms with van der Waals surface area (Å²) in [6, 6.07) is 9.66. The van der Waals surface area contributed by atoms with E-state index < -0.39 is 6.10 Å². The van der Waals surface area contributed by atoms with Gasteiger partial charge in [0.2, 0.25) is 0 Å². The minimum Gasteiger partial charge on any atom is -0.508 e. The molecule has 5 heteroatoms. The number of aromatic hydroxyl groups is 2. The molecular formula is C19H20O5. The summed E-state index contributed by atoms with van der Waals surface area (Å²) in [5.74, 6) is 0.681. The molecule has 0 radical (unpaired) electrons. The van der Waals surface area contributed by atoms with Crippen LogP contribution in [0, 0.1) is 0 Å². The van der Waals surface area contributed by atoms with E-state index in [9.17, 15) is 15.0 Å². The Balaban J connectivity index is 1.87. The summed E-state index contributed by atoms with van der Waals surface area (Å²) in [7, 11) is 0. The van der Waals surface area contributed by atoms with Gasteiger partial charge < -0.3 is 19.7 Å². The van der Waals surface area contributed by atoms with Crippen molar-refractivity contribution in [3.05, 3.63) is 47.5 Å². The van der Waals surface area contributed by atoms with Crippen LogP contribution in [0.5, 0.6) is 23.0 Å². The molecule has 2 aromatic rings. The molecule has 0 saturated carbocycles. The van der Waals surface area contributed by atoms with E-state index in [4.69, 9.17) is 9.47 Å². The molecule has 1 aliphatic rings. The molecule has 3 rings (SSSR count). The first-order chi connectivity index (χ1) is 11.6. The second kappa shape index (κ2) is 6.83. The van der Waals surface area contributed by atoms with Gasteiger partial charge in [-0.25, -0.2) is 0 Å². The van der Waals surface area contributed by atoms with E-state index >= 15 is 0 Å². The third-order valence-corrected chi connectivity index (χ3v) is 4.01. The van der Waals surface area contributed by atoms with Crippen LogP contribution in [0.2, 0.25) is 0 Å². The zero-order valence-corrected chi connectivity index (χ0v) is 13.5. The number of fused-ring (bicyclic) bond motifs is 1. The minimum atomic E-state index is -0.448. The molecule has 1 atom stereocenters. The number of ether oxygens (including phenoxy) is 2. The summed E-state index contributed by atoms with van der Waals surface area (Å²) in [5.41, 5.74) is 0.997. The van der Waals surface area contributed by atoms with Gasteiger partial charge in [0.05, 0.1) is 13.0 Å². The molecule has 2 aromatic carbocycles. The van der Waals surface area contributed by atoms with Crippen molar-refractivity contribution in [3.63, 3.8) is 0 Å². The van der Waals surface area contributed by atoms with Gasteiger partial charge in [0, 0.05) is 12.1 Å². The standard InChI is InChI=1S/C19H20O5/c1-2-3-8-23-14-9-15(21)19-16(22)11-17(24-18(19)10-14)12-4-6-13(20)7-5-12/h4-7,9-10,17,20-21H,2-3,8,11H2,1H3. The molecule has 0 bridgehead atoms. The van der Waals surface area contributed by atoms with Crippen molar-refractivity contribution in [2.75, 3.05) is 6.61 Å². The average Bonchev–Trinajstić information content (AvgIpc) is 2.55. The highest BCUT2D eigenvalue weighted by Gasteiger charge is 2.30. The largest absolute Gasteiger partial charge is 0.508 e. The highest BCUT2D eigenvalue weighted by atomic mass is 16.5. The Morgan fingerprint density at radius 2 is 1.96 bits per heavy atom. The van der Waals surface area contributed by atoms with Crippen LogP contribution in [-0.2, 0) is 0 Å². The van der Waals surface area contributed by atoms with Crippen molar-refractivity contribution in [2.45, 2.75) is 32.3 Å². The molecule has 126 valence electrons. The number of carbonyl (C=O) groups excluding carboxylic acids is 1. The van der Waals surface area contributed by atoms with Gasteiger partial charge in [-0.2, -0.15) is 0 Å². The van der Waals surface area contributed by atoms with Crippen LogP contribution < -0.4 is 9.47 Å². The average molecular weight is 328 g/mol. The number of phenols is 2. The van der Waals surface area contributed by atoms with Gasteiger partial charge in [-0.15, -0.1) is 0 Å². The van der Waals surface area contributed by atoms with E-state index in [0.717, 1.165) is 18.4 Å². The van der Waals surface area contributed by atoms with Gasteiger partial charge in [-0.3, -0.25) is 4.79 Å². The Kier molecular flexibility index (Phi) is 4.60. The fourth-order valence-electron chi connectivity index (χ4n) is 2.71. The Morgan fingerprint density at radius 1 is 1.21 bits per heavy atom. The predicted molar refractivity (Wildman–Crippen MR) is 88.9 cm³/mol. The van der Waals surface area contributed by atoms with Crippen LogP contribution >= 0.6 is 0 Å². The number of unbranched alkanes of at least 4 members (excludes halogenated alkanes) is 1. The molecule has 24 heavy (non-hydrogen) atoms. The molecule has 1 unspecified atom stereocenters. The Labute approximate surface area is 140 Å². The van der Waals surface area contributed by atoms with Crippen molar-refractivity contribution in [3.8, 4) is 23.0 Å². The van der Waals surface area contributed by atoms with Crippen LogP contribution in [0.25, 0.3) is 0 Å². The number of carbonyl (C=O) groups is 1. The highest BCUT2D eigenvalue weighted by Crippen LogP contribution is 2.42. The molecular weight excluding hydrogens is 308 g/mol. The molecule has 1 heterocycles. The highest BCUT2D eigenvalue weighted by molar-refractivity contribution is 6.02. The number of hydrogen-bond acceptors (Lipinski definition) is 5. The maximum absolute atomic E-state index is 12.4. The van der Waals surface area contributed by atoms with Crippen molar-refractivity contribution in [1.82, 2.24) is 0 Å². The molecule has 0 spiro atoms. The Morgan fingerprint density at radius 3 is 2.67 bits per heavy atom. The van der Waals surface area contributed by atoms with E-state index in [0.29, 0.717) is 18.1 Å². The number of Topliss-reactive ketones (excluding diaryl/α,β-unsaturated/α-hetero) is 1. The molecule has 0 aromatic heterocycles. The maximum atomic E-state index is 12.4. The van der Waals surface area contributed by atoms with Gasteiger partial charge in [-0.1, -0.05) is 25.5 Å². The molecule has 1 aliphatic heterocycles. The molecule has 2 N–H and O–H groups in total. The van der Waals surface area contributed by atoms with E-state index in [1.807, 2.05) is 0 Å². The summed E-state index contributed by atoms with van der Waals surface area (Å²) >= 11 is 0. The molecule has 0 fully saturated rings. The first-order valence-corrected chi connectivity index (χ1v) is 8.07. The summed E-state index contributed by atoms with van der Waals surface area (Å²) in [5, 5.41) is 19.5. The van der Waals surface area contributed by atoms with E-state index in [2.05, 4.69) is 6.92 Å². The monoisotopic (exact) mass is 328 g/mol. The number of ketones is 1. The lowest BCUT2D eigenvalue weighted by molar-refractivity contribution is 0.0844. The zero-order valence-electron chi connectivity index (χ0n) is 13.5. The van der Waals surface area contributed by atoms with Gasteiger partial charge in [0.15, 0.2) is 5.78 Å². The Hall–Kier alpha value is -2.69. The summed E-state index contributed by atoms with van der Waals surface area (Å²) in [4.78, 5) is 12.4. The lowest BCUT2D eigenvalue weighted by Gasteiger charge is -2.26. The predicted octanol–water partition coefficient (Wildman–Crippen LogP) is 3.98.